The molecule has 2 amide bonds. The van der Waals surface area contributed by atoms with E-state index in [1.54, 1.807) is 11.8 Å². The van der Waals surface area contributed by atoms with Gasteiger partial charge in [0.15, 0.2) is 0 Å². The van der Waals surface area contributed by atoms with Crippen molar-refractivity contribution in [2.24, 2.45) is 11.7 Å². The predicted molar refractivity (Wildman–Crippen MR) is 94.7 cm³/mol. The number of amides is 2. The van der Waals surface area contributed by atoms with E-state index in [1.807, 2.05) is 20.1 Å². The monoisotopic (exact) mass is 359 g/mol. The molecule has 4 N–H and O–H groups in total. The van der Waals surface area contributed by atoms with Crippen molar-refractivity contribution in [2.75, 3.05) is 18.6 Å². The summed E-state index contributed by atoms with van der Waals surface area (Å²) in [6.45, 7) is 4.37. The first-order chi connectivity index (χ1) is 11.3. The van der Waals surface area contributed by atoms with E-state index >= 15 is 0 Å². The molecule has 0 aromatic carbocycles. The first kappa shape index (κ1) is 20.8. The van der Waals surface area contributed by atoms with E-state index < -0.39 is 24.1 Å². The van der Waals surface area contributed by atoms with Crippen molar-refractivity contribution in [3.8, 4) is 0 Å². The zero-order chi connectivity index (χ0) is 18.3. The Bertz CT molecular complexity index is 459. The minimum absolute atomic E-state index is 0.279. The maximum atomic E-state index is 12.7. The highest BCUT2D eigenvalue weighted by molar-refractivity contribution is 7.98. The normalized spacial score (nSPS) is 20.0. The molecule has 24 heavy (non-hydrogen) atoms. The Hall–Kier alpha value is -1.28. The van der Waals surface area contributed by atoms with E-state index in [1.165, 1.54) is 4.90 Å². The lowest BCUT2D eigenvalue weighted by atomic mass is 10.0. The second-order valence-electron chi connectivity index (χ2n) is 6.61. The second kappa shape index (κ2) is 9.88. The Labute approximate surface area is 147 Å². The topological polar surface area (TPSA) is 113 Å². The third kappa shape index (κ3) is 5.98. The second-order valence-corrected chi connectivity index (χ2v) is 7.59. The standard InChI is InChI=1S/C16H29N3O4S/c1-10(2)9-11(17)14(20)18-12(6-8-24-3)15(21)19-7-4-5-13(19)16(22)23/h10-13H,4-9,17H2,1-3H3,(H,18,20)(H,22,23)/t11-,12-,13+/m0/s1. The van der Waals surface area contributed by atoms with Crippen LogP contribution < -0.4 is 11.1 Å². The maximum absolute atomic E-state index is 12.7. The zero-order valence-electron chi connectivity index (χ0n) is 14.7. The van der Waals surface area contributed by atoms with Gasteiger partial charge < -0.3 is 21.1 Å². The van der Waals surface area contributed by atoms with E-state index in [9.17, 15) is 19.5 Å². The fraction of sp³-hybridized carbons (Fsp3) is 0.812. The van der Waals surface area contributed by atoms with Crippen LogP contribution >= 0.6 is 11.8 Å². The molecule has 0 bridgehead atoms. The van der Waals surface area contributed by atoms with E-state index in [-0.39, 0.29) is 17.7 Å². The van der Waals surface area contributed by atoms with Gasteiger partial charge in [0.05, 0.1) is 6.04 Å². The predicted octanol–water partition coefficient (Wildman–Crippen LogP) is 0.673. The molecule has 7 nitrogen and oxygen atoms in total. The number of carbonyl (C=O) groups excluding carboxylic acids is 2. The highest BCUT2D eigenvalue weighted by Crippen LogP contribution is 2.19. The molecule has 0 aliphatic carbocycles. The number of thioether (sulfide) groups is 1. The van der Waals surface area contributed by atoms with E-state index in [2.05, 4.69) is 5.32 Å². The number of hydrogen-bond acceptors (Lipinski definition) is 5. The van der Waals surface area contributed by atoms with Gasteiger partial charge in [-0.05, 0) is 43.6 Å². The third-order valence-electron chi connectivity index (χ3n) is 4.11. The van der Waals surface area contributed by atoms with Gasteiger partial charge in [0.2, 0.25) is 11.8 Å². The SMILES string of the molecule is CSCC[C@H](NC(=O)[C@@H](N)CC(C)C)C(=O)N1CCC[C@@H]1C(=O)O. The van der Waals surface area contributed by atoms with Gasteiger partial charge in [0.25, 0.3) is 0 Å². The van der Waals surface area contributed by atoms with Crippen molar-refractivity contribution in [3.05, 3.63) is 0 Å². The molecule has 1 saturated heterocycles. The van der Waals surface area contributed by atoms with Crippen LogP contribution in [0.2, 0.25) is 0 Å². The lowest BCUT2D eigenvalue weighted by Gasteiger charge is -2.28. The van der Waals surface area contributed by atoms with Crippen LogP contribution in [0.4, 0.5) is 0 Å². The van der Waals surface area contributed by atoms with Gasteiger partial charge >= 0.3 is 5.97 Å². The fourth-order valence-corrected chi connectivity index (χ4v) is 3.35. The number of nitrogens with zero attached hydrogens (tertiary/aromatic N) is 1. The summed E-state index contributed by atoms with van der Waals surface area (Å²) < 4.78 is 0. The molecule has 0 aromatic heterocycles. The van der Waals surface area contributed by atoms with Crippen LogP contribution in [0.3, 0.4) is 0 Å². The van der Waals surface area contributed by atoms with Crippen LogP contribution in [0, 0.1) is 5.92 Å². The molecule has 1 fully saturated rings. The molecular formula is C16H29N3O4S. The molecule has 0 saturated carbocycles. The molecular weight excluding hydrogens is 330 g/mol. The van der Waals surface area contributed by atoms with Gasteiger partial charge in [-0.2, -0.15) is 11.8 Å². The lowest BCUT2D eigenvalue weighted by Crippen LogP contribution is -2.54. The van der Waals surface area contributed by atoms with E-state index in [0.717, 1.165) is 0 Å². The largest absolute Gasteiger partial charge is 0.480 e. The summed E-state index contributed by atoms with van der Waals surface area (Å²) in [5, 5.41) is 12.0. The van der Waals surface area contributed by atoms with Crippen molar-refractivity contribution in [1.29, 1.82) is 0 Å². The van der Waals surface area contributed by atoms with Gasteiger partial charge in [-0.3, -0.25) is 9.59 Å². The fourth-order valence-electron chi connectivity index (χ4n) is 2.87. The summed E-state index contributed by atoms with van der Waals surface area (Å²) in [6.07, 6.45) is 4.04. The van der Waals surface area contributed by atoms with Gasteiger partial charge in [-0.15, -0.1) is 0 Å². The van der Waals surface area contributed by atoms with Gasteiger partial charge in [-0.1, -0.05) is 13.8 Å². The van der Waals surface area contributed by atoms with Crippen LogP contribution in [0.5, 0.6) is 0 Å². The van der Waals surface area contributed by atoms with E-state index in [4.69, 9.17) is 5.73 Å². The number of carboxylic acids is 1. The van der Waals surface area contributed by atoms with Gasteiger partial charge in [0.1, 0.15) is 12.1 Å². The minimum atomic E-state index is -0.993. The van der Waals surface area contributed by atoms with Crippen molar-refractivity contribution >= 4 is 29.5 Å². The summed E-state index contributed by atoms with van der Waals surface area (Å²) in [4.78, 5) is 37.7. The number of nitrogens with two attached hydrogens (primary N) is 1. The highest BCUT2D eigenvalue weighted by atomic mass is 32.2. The summed E-state index contributed by atoms with van der Waals surface area (Å²) in [5.74, 6) is -0.691. The number of carbonyl (C=O) groups is 3. The quantitative estimate of drug-likeness (QED) is 0.558. The molecule has 1 aliphatic rings. The zero-order valence-corrected chi connectivity index (χ0v) is 15.5. The van der Waals surface area contributed by atoms with Crippen LogP contribution in [0.15, 0.2) is 0 Å². The Balaban J connectivity index is 2.78. The van der Waals surface area contributed by atoms with Crippen LogP contribution in [0.25, 0.3) is 0 Å². The first-order valence-electron chi connectivity index (χ1n) is 8.36. The number of nitrogens with one attached hydrogen (secondary N) is 1. The molecule has 1 aliphatic heterocycles. The summed E-state index contributed by atoms with van der Waals surface area (Å²) in [7, 11) is 0. The number of carboxylic acid groups (broad SMARTS) is 1. The highest BCUT2D eigenvalue weighted by Gasteiger charge is 2.37. The van der Waals surface area contributed by atoms with Crippen molar-refractivity contribution in [1.82, 2.24) is 10.2 Å². The Kier molecular flexibility index (Phi) is 8.55. The van der Waals surface area contributed by atoms with Crippen LogP contribution in [-0.4, -0.2) is 64.5 Å². The maximum Gasteiger partial charge on any atom is 0.326 e. The van der Waals surface area contributed by atoms with Gasteiger partial charge in [-0.25, -0.2) is 4.79 Å². The number of rotatable bonds is 9. The van der Waals surface area contributed by atoms with Gasteiger partial charge in [0, 0.05) is 6.54 Å². The summed E-state index contributed by atoms with van der Waals surface area (Å²) >= 11 is 1.57. The third-order valence-corrected chi connectivity index (χ3v) is 4.75. The Morgan fingerprint density at radius 3 is 2.58 bits per heavy atom. The minimum Gasteiger partial charge on any atom is -0.480 e. The number of hydrogen-bond donors (Lipinski definition) is 3. The van der Waals surface area contributed by atoms with Crippen molar-refractivity contribution in [3.63, 3.8) is 0 Å². The molecule has 138 valence electrons. The van der Waals surface area contributed by atoms with Crippen molar-refractivity contribution < 1.29 is 19.5 Å². The lowest BCUT2D eigenvalue weighted by molar-refractivity contribution is -0.149. The molecule has 8 heteroatoms. The Morgan fingerprint density at radius 1 is 1.38 bits per heavy atom. The van der Waals surface area contributed by atoms with Crippen LogP contribution in [0.1, 0.15) is 39.5 Å². The molecule has 0 aromatic rings. The van der Waals surface area contributed by atoms with Crippen LogP contribution in [-0.2, 0) is 14.4 Å². The smallest absolute Gasteiger partial charge is 0.326 e. The Morgan fingerprint density at radius 2 is 2.04 bits per heavy atom. The number of likely N-dealkylation sites (tertiary alicyclic amines) is 1. The summed E-state index contributed by atoms with van der Waals surface area (Å²) in [5.41, 5.74) is 5.89. The molecule has 3 atom stereocenters. The summed E-state index contributed by atoms with van der Waals surface area (Å²) in [6, 6.07) is -2.18. The average Bonchev–Trinajstić information content (AvgIpc) is 2.99. The molecule has 1 rings (SSSR count). The molecule has 0 radical (unpaired) electrons. The molecule has 0 spiro atoms. The molecule has 1 heterocycles. The van der Waals surface area contributed by atoms with E-state index in [0.29, 0.717) is 38.0 Å². The average molecular weight is 359 g/mol. The number of aliphatic carboxylic acids is 1. The first-order valence-corrected chi connectivity index (χ1v) is 9.75. The molecule has 0 unspecified atom stereocenters. The van der Waals surface area contributed by atoms with Crippen molar-refractivity contribution in [2.45, 2.75) is 57.7 Å².